The van der Waals surface area contributed by atoms with Crippen LogP contribution >= 0.6 is 11.8 Å². The average Bonchev–Trinajstić information content (AvgIpc) is 2.84. The van der Waals surface area contributed by atoms with E-state index in [0.29, 0.717) is 5.25 Å². The molecule has 0 aliphatic carbocycles. The lowest BCUT2D eigenvalue weighted by Gasteiger charge is -2.16. The van der Waals surface area contributed by atoms with Crippen LogP contribution in [-0.4, -0.2) is 21.4 Å². The molecular weight excluding hydrogens is 222 g/mol. The summed E-state index contributed by atoms with van der Waals surface area (Å²) in [5.41, 5.74) is 5.75. The van der Waals surface area contributed by atoms with Crippen LogP contribution in [0.5, 0.6) is 0 Å². The molecule has 2 heterocycles. The molecule has 1 saturated heterocycles. The van der Waals surface area contributed by atoms with Crippen LogP contribution in [0.2, 0.25) is 0 Å². The topological polar surface area (TPSA) is 64.9 Å². The second kappa shape index (κ2) is 4.75. The van der Waals surface area contributed by atoms with Crippen molar-refractivity contribution in [3.8, 4) is 0 Å². The smallest absolute Gasteiger partial charge is 0.226 e. The van der Waals surface area contributed by atoms with Crippen LogP contribution in [0.1, 0.15) is 50.1 Å². The molecule has 0 saturated carbocycles. The molecule has 0 aromatic carbocycles. The number of nitrogens with two attached hydrogens (primary N) is 1. The minimum Gasteiger partial charge on any atom is -0.339 e. The van der Waals surface area contributed by atoms with Crippen molar-refractivity contribution >= 4 is 11.8 Å². The standard InChI is InChI=1S/C11H19N3OS/c1-11(2,12)6-5-9-13-10(14-15-9)8-4-3-7-16-8/h8H,3-7,12H2,1-2H3. The van der Waals surface area contributed by atoms with Gasteiger partial charge in [-0.3, -0.25) is 0 Å². The summed E-state index contributed by atoms with van der Waals surface area (Å²) in [6.07, 6.45) is 4.07. The number of nitrogens with zero attached hydrogens (tertiary/aromatic N) is 2. The van der Waals surface area contributed by atoms with Gasteiger partial charge in [-0.1, -0.05) is 5.16 Å². The van der Waals surface area contributed by atoms with Crippen LogP contribution in [0.25, 0.3) is 0 Å². The normalized spacial score (nSPS) is 21.6. The third-order valence-corrected chi connectivity index (χ3v) is 4.06. The highest BCUT2D eigenvalue weighted by molar-refractivity contribution is 7.99. The molecule has 2 rings (SSSR count). The molecule has 0 spiro atoms. The third-order valence-electron chi connectivity index (χ3n) is 2.68. The molecule has 0 bridgehead atoms. The zero-order valence-electron chi connectivity index (χ0n) is 9.90. The van der Waals surface area contributed by atoms with Crippen LogP contribution in [0.4, 0.5) is 0 Å². The molecule has 1 aliphatic rings. The van der Waals surface area contributed by atoms with E-state index in [0.717, 1.165) is 24.6 Å². The fourth-order valence-electron chi connectivity index (χ4n) is 1.71. The van der Waals surface area contributed by atoms with Crippen LogP contribution in [-0.2, 0) is 6.42 Å². The van der Waals surface area contributed by atoms with Gasteiger partial charge in [-0.05, 0) is 38.9 Å². The first-order chi connectivity index (χ1) is 7.54. The van der Waals surface area contributed by atoms with Crippen LogP contribution in [0.3, 0.4) is 0 Å². The van der Waals surface area contributed by atoms with Gasteiger partial charge in [0.25, 0.3) is 0 Å². The Hall–Kier alpha value is -0.550. The van der Waals surface area contributed by atoms with E-state index in [1.807, 2.05) is 25.6 Å². The van der Waals surface area contributed by atoms with Gasteiger partial charge >= 0.3 is 0 Å². The maximum Gasteiger partial charge on any atom is 0.226 e. The summed E-state index contributed by atoms with van der Waals surface area (Å²) in [6.45, 7) is 4.02. The number of hydrogen-bond donors (Lipinski definition) is 1. The Kier molecular flexibility index (Phi) is 3.54. The maximum absolute atomic E-state index is 5.92. The van der Waals surface area contributed by atoms with Crippen LogP contribution in [0.15, 0.2) is 4.52 Å². The summed E-state index contributed by atoms with van der Waals surface area (Å²) in [6, 6.07) is 0. The molecular formula is C11H19N3OS. The summed E-state index contributed by atoms with van der Waals surface area (Å²) >= 11 is 1.92. The van der Waals surface area contributed by atoms with E-state index >= 15 is 0 Å². The molecule has 0 amide bonds. The molecule has 5 heteroatoms. The van der Waals surface area contributed by atoms with E-state index in [-0.39, 0.29) is 5.54 Å². The Bertz CT molecular complexity index is 339. The lowest BCUT2D eigenvalue weighted by atomic mass is 10.0. The van der Waals surface area contributed by atoms with Crippen molar-refractivity contribution in [3.63, 3.8) is 0 Å². The highest BCUT2D eigenvalue weighted by Gasteiger charge is 2.23. The molecule has 1 fully saturated rings. The lowest BCUT2D eigenvalue weighted by Crippen LogP contribution is -2.32. The number of aryl methyl sites for hydroxylation is 1. The molecule has 1 aliphatic heterocycles. The number of aromatic nitrogens is 2. The largest absolute Gasteiger partial charge is 0.339 e. The fourth-order valence-corrected chi connectivity index (χ4v) is 2.91. The number of rotatable bonds is 4. The molecule has 4 nitrogen and oxygen atoms in total. The summed E-state index contributed by atoms with van der Waals surface area (Å²) in [5, 5.41) is 4.50. The van der Waals surface area contributed by atoms with Gasteiger partial charge in [0.05, 0.1) is 5.25 Å². The maximum atomic E-state index is 5.92. The predicted molar refractivity (Wildman–Crippen MR) is 65.3 cm³/mol. The summed E-state index contributed by atoms with van der Waals surface area (Å²) < 4.78 is 5.24. The molecule has 90 valence electrons. The summed E-state index contributed by atoms with van der Waals surface area (Å²) in [5.74, 6) is 2.80. The Morgan fingerprint density at radius 1 is 1.56 bits per heavy atom. The van der Waals surface area contributed by atoms with Crippen LogP contribution < -0.4 is 5.73 Å². The van der Waals surface area contributed by atoms with Gasteiger partial charge in [-0.25, -0.2) is 0 Å². The molecule has 0 radical (unpaired) electrons. The summed E-state index contributed by atoms with van der Waals surface area (Å²) in [4.78, 5) is 4.44. The van der Waals surface area contributed by atoms with Crippen molar-refractivity contribution in [1.29, 1.82) is 0 Å². The highest BCUT2D eigenvalue weighted by Crippen LogP contribution is 2.38. The van der Waals surface area contributed by atoms with E-state index in [1.165, 1.54) is 18.6 Å². The monoisotopic (exact) mass is 241 g/mol. The van der Waals surface area contributed by atoms with Gasteiger partial charge in [-0.15, -0.1) is 0 Å². The van der Waals surface area contributed by atoms with E-state index < -0.39 is 0 Å². The Labute approximate surface area is 100 Å². The van der Waals surface area contributed by atoms with Crippen molar-refractivity contribution in [2.24, 2.45) is 5.73 Å². The zero-order chi connectivity index (χ0) is 11.6. The van der Waals surface area contributed by atoms with Crippen molar-refractivity contribution in [3.05, 3.63) is 11.7 Å². The van der Waals surface area contributed by atoms with Gasteiger partial charge < -0.3 is 10.3 Å². The van der Waals surface area contributed by atoms with Crippen molar-refractivity contribution in [2.45, 2.75) is 50.3 Å². The number of thioether (sulfide) groups is 1. The first-order valence-corrected chi connectivity index (χ1v) is 6.82. The minimum atomic E-state index is -0.170. The fraction of sp³-hybridized carbons (Fsp3) is 0.818. The van der Waals surface area contributed by atoms with E-state index in [4.69, 9.17) is 10.3 Å². The van der Waals surface area contributed by atoms with Gasteiger partial charge in [0.15, 0.2) is 5.82 Å². The first kappa shape index (κ1) is 11.9. The van der Waals surface area contributed by atoms with Gasteiger partial charge in [-0.2, -0.15) is 16.7 Å². The quantitative estimate of drug-likeness (QED) is 0.876. The van der Waals surface area contributed by atoms with Gasteiger partial charge in [0, 0.05) is 12.0 Å². The highest BCUT2D eigenvalue weighted by atomic mass is 32.2. The minimum absolute atomic E-state index is 0.170. The second-order valence-corrected chi connectivity index (χ2v) is 6.35. The molecule has 1 aromatic heterocycles. The van der Waals surface area contributed by atoms with E-state index in [2.05, 4.69) is 10.1 Å². The SMILES string of the molecule is CC(C)(N)CCc1nc(C2CCCS2)no1. The van der Waals surface area contributed by atoms with Gasteiger partial charge in [0.2, 0.25) is 5.89 Å². The number of hydrogen-bond acceptors (Lipinski definition) is 5. The van der Waals surface area contributed by atoms with E-state index in [9.17, 15) is 0 Å². The van der Waals surface area contributed by atoms with Gasteiger partial charge in [0.1, 0.15) is 0 Å². The van der Waals surface area contributed by atoms with Crippen molar-refractivity contribution in [1.82, 2.24) is 10.1 Å². The Morgan fingerprint density at radius 2 is 2.38 bits per heavy atom. The van der Waals surface area contributed by atoms with Crippen LogP contribution in [0, 0.1) is 0 Å². The molecule has 16 heavy (non-hydrogen) atoms. The molecule has 1 unspecified atom stereocenters. The Balaban J connectivity index is 1.91. The van der Waals surface area contributed by atoms with Crippen molar-refractivity contribution < 1.29 is 4.52 Å². The third kappa shape index (κ3) is 3.22. The second-order valence-electron chi connectivity index (χ2n) is 5.04. The lowest BCUT2D eigenvalue weighted by molar-refractivity contribution is 0.354. The first-order valence-electron chi connectivity index (χ1n) is 5.77. The Morgan fingerprint density at radius 3 is 3.00 bits per heavy atom. The zero-order valence-corrected chi connectivity index (χ0v) is 10.7. The van der Waals surface area contributed by atoms with Crippen molar-refractivity contribution in [2.75, 3.05) is 5.75 Å². The molecule has 1 atom stereocenters. The average molecular weight is 241 g/mol. The summed E-state index contributed by atoms with van der Waals surface area (Å²) in [7, 11) is 0. The van der Waals surface area contributed by atoms with E-state index in [1.54, 1.807) is 0 Å². The molecule has 1 aromatic rings. The predicted octanol–water partition coefficient (Wildman–Crippen LogP) is 2.31. The molecule has 2 N–H and O–H groups in total.